The van der Waals surface area contributed by atoms with Gasteiger partial charge in [0.1, 0.15) is 6.61 Å². The lowest BCUT2D eigenvalue weighted by molar-refractivity contribution is 0.341. The van der Waals surface area contributed by atoms with Crippen LogP contribution in [0, 0.1) is 24.4 Å². The van der Waals surface area contributed by atoms with Gasteiger partial charge in [0.15, 0.2) is 23.2 Å². The number of hydrogen-bond acceptors (Lipinski definition) is 1. The molecule has 4 aromatic carbocycles. The van der Waals surface area contributed by atoms with E-state index < -0.39 is 17.5 Å². The zero-order chi connectivity index (χ0) is 24.1. The van der Waals surface area contributed by atoms with Crippen LogP contribution < -0.4 is 4.74 Å². The van der Waals surface area contributed by atoms with Crippen LogP contribution in [-0.2, 0) is 12.8 Å². The number of rotatable bonds is 8. The highest BCUT2D eigenvalue weighted by Crippen LogP contribution is 2.32. The molecule has 0 aliphatic heterocycles. The van der Waals surface area contributed by atoms with Crippen molar-refractivity contribution in [2.75, 3.05) is 6.61 Å². The molecule has 0 spiro atoms. The molecular formula is C30H25F3O. The van der Waals surface area contributed by atoms with Crippen LogP contribution in [0.4, 0.5) is 13.2 Å². The van der Waals surface area contributed by atoms with Crippen molar-refractivity contribution in [2.45, 2.75) is 19.8 Å². The summed E-state index contributed by atoms with van der Waals surface area (Å²) in [6.45, 7) is 5.75. The molecule has 34 heavy (non-hydrogen) atoms. The second-order valence-electron chi connectivity index (χ2n) is 8.22. The molecule has 4 heteroatoms. The summed E-state index contributed by atoms with van der Waals surface area (Å²) in [7, 11) is 0. The molecule has 4 aromatic rings. The molecule has 0 unspecified atom stereocenters. The van der Waals surface area contributed by atoms with Gasteiger partial charge < -0.3 is 4.74 Å². The molecule has 0 aliphatic rings. The molecule has 0 N–H and O–H groups in total. The zero-order valence-corrected chi connectivity index (χ0v) is 19.0. The Balaban J connectivity index is 1.46. The molecular weight excluding hydrogens is 433 g/mol. The minimum Gasteiger partial charge on any atom is -0.486 e. The Kier molecular flexibility index (Phi) is 7.17. The molecule has 0 radical (unpaired) electrons. The predicted molar refractivity (Wildman–Crippen MR) is 131 cm³/mol. The molecule has 0 saturated carbocycles. The third-order valence-electron chi connectivity index (χ3n) is 5.77. The summed E-state index contributed by atoms with van der Waals surface area (Å²) in [6.07, 6.45) is 2.90. The van der Waals surface area contributed by atoms with E-state index in [9.17, 15) is 13.2 Å². The van der Waals surface area contributed by atoms with Gasteiger partial charge in [0.2, 0.25) is 0 Å². The van der Waals surface area contributed by atoms with Gasteiger partial charge in [-0.2, -0.15) is 0 Å². The van der Waals surface area contributed by atoms with Crippen LogP contribution in [0.5, 0.6) is 5.75 Å². The highest BCUT2D eigenvalue weighted by atomic mass is 19.2. The van der Waals surface area contributed by atoms with Gasteiger partial charge in [-0.15, -0.1) is 0 Å². The Morgan fingerprint density at radius 1 is 0.706 bits per heavy atom. The number of halogens is 3. The largest absolute Gasteiger partial charge is 0.486 e. The zero-order valence-electron chi connectivity index (χ0n) is 19.0. The fourth-order valence-electron chi connectivity index (χ4n) is 3.83. The first-order valence-corrected chi connectivity index (χ1v) is 11.1. The number of ether oxygens (including phenoxy) is 1. The Hall–Kier alpha value is -3.79. The van der Waals surface area contributed by atoms with Crippen molar-refractivity contribution in [2.24, 2.45) is 0 Å². The molecule has 4 rings (SSSR count). The topological polar surface area (TPSA) is 9.23 Å². The lowest BCUT2D eigenvalue weighted by atomic mass is 9.97. The number of hydrogen-bond donors (Lipinski definition) is 0. The number of aryl methyl sites for hydroxylation is 3. The first kappa shape index (κ1) is 23.4. The third-order valence-corrected chi connectivity index (χ3v) is 5.77. The maximum Gasteiger partial charge on any atom is 0.167 e. The van der Waals surface area contributed by atoms with Crippen molar-refractivity contribution in [3.05, 3.63) is 126 Å². The van der Waals surface area contributed by atoms with Crippen LogP contribution in [0.3, 0.4) is 0 Å². The Bertz CT molecular complexity index is 1290. The summed E-state index contributed by atoms with van der Waals surface area (Å²) in [5.41, 5.74) is 4.63. The molecule has 172 valence electrons. The van der Waals surface area contributed by atoms with Gasteiger partial charge in [0.25, 0.3) is 0 Å². The van der Waals surface area contributed by atoms with E-state index in [1.54, 1.807) is 48.5 Å². The van der Waals surface area contributed by atoms with Crippen molar-refractivity contribution < 1.29 is 17.9 Å². The molecule has 0 amide bonds. The first-order chi connectivity index (χ1) is 16.5. The maximum absolute atomic E-state index is 14.9. The Morgan fingerprint density at radius 2 is 1.24 bits per heavy atom. The van der Waals surface area contributed by atoms with Gasteiger partial charge >= 0.3 is 0 Å². The Morgan fingerprint density at radius 3 is 1.79 bits per heavy atom. The van der Waals surface area contributed by atoms with Gasteiger partial charge in [-0.3, -0.25) is 0 Å². The molecule has 0 aliphatic carbocycles. The van der Waals surface area contributed by atoms with E-state index in [0.29, 0.717) is 24.0 Å². The van der Waals surface area contributed by atoms with Crippen LogP contribution in [-0.4, -0.2) is 6.61 Å². The molecule has 0 saturated heterocycles. The molecule has 0 heterocycles. The highest BCUT2D eigenvalue weighted by molar-refractivity contribution is 5.72. The van der Waals surface area contributed by atoms with Crippen molar-refractivity contribution >= 4 is 0 Å². The second kappa shape index (κ2) is 10.4. The predicted octanol–water partition coefficient (Wildman–Crippen LogP) is 8.10. The van der Waals surface area contributed by atoms with Gasteiger partial charge in [0, 0.05) is 11.1 Å². The standard InChI is InChI=1S/C30H25F3O/c1-3-18-34-28-17-10-22(19-27(28)31)7-6-21-8-13-24(14-9-21)26-16-15-25(29(32)30(26)33)23-11-4-20(2)5-12-23/h3-5,8-17,19H,1,6-7,18H2,2H3. The van der Waals surface area contributed by atoms with Crippen LogP contribution in [0.15, 0.2) is 91.5 Å². The summed E-state index contributed by atoms with van der Waals surface area (Å²) in [5, 5.41) is 0. The second-order valence-corrected chi connectivity index (χ2v) is 8.22. The lowest BCUT2D eigenvalue weighted by Gasteiger charge is -2.10. The maximum atomic E-state index is 14.9. The van der Waals surface area contributed by atoms with Crippen LogP contribution >= 0.6 is 0 Å². The van der Waals surface area contributed by atoms with Crippen molar-refractivity contribution in [3.63, 3.8) is 0 Å². The lowest BCUT2D eigenvalue weighted by Crippen LogP contribution is -1.98. The van der Waals surface area contributed by atoms with E-state index in [4.69, 9.17) is 4.74 Å². The van der Waals surface area contributed by atoms with E-state index in [1.807, 2.05) is 37.3 Å². The minimum absolute atomic E-state index is 0.204. The molecule has 0 atom stereocenters. The monoisotopic (exact) mass is 458 g/mol. The van der Waals surface area contributed by atoms with E-state index in [0.717, 1.165) is 16.7 Å². The van der Waals surface area contributed by atoms with Gasteiger partial charge in [-0.05, 0) is 54.2 Å². The van der Waals surface area contributed by atoms with Gasteiger partial charge in [-0.25, -0.2) is 13.2 Å². The van der Waals surface area contributed by atoms with Gasteiger partial charge in [-0.1, -0.05) is 84.9 Å². The average Bonchev–Trinajstić information content (AvgIpc) is 2.85. The first-order valence-electron chi connectivity index (χ1n) is 11.1. The van der Waals surface area contributed by atoms with E-state index in [1.165, 1.54) is 6.07 Å². The molecule has 1 nitrogen and oxygen atoms in total. The molecule has 0 fully saturated rings. The Labute approximate surface area is 198 Å². The highest BCUT2D eigenvalue weighted by Gasteiger charge is 2.16. The van der Waals surface area contributed by atoms with Crippen LogP contribution in [0.2, 0.25) is 0 Å². The summed E-state index contributed by atoms with van der Waals surface area (Å²) in [4.78, 5) is 0. The molecule has 0 bridgehead atoms. The quantitative estimate of drug-likeness (QED) is 0.242. The van der Waals surface area contributed by atoms with E-state index in [-0.39, 0.29) is 23.5 Å². The minimum atomic E-state index is -0.861. The van der Waals surface area contributed by atoms with Gasteiger partial charge in [0.05, 0.1) is 0 Å². The fourth-order valence-corrected chi connectivity index (χ4v) is 3.83. The fraction of sp³-hybridized carbons (Fsp3) is 0.133. The van der Waals surface area contributed by atoms with E-state index >= 15 is 0 Å². The number of benzene rings is 4. The average molecular weight is 459 g/mol. The molecule has 0 aromatic heterocycles. The van der Waals surface area contributed by atoms with Crippen molar-refractivity contribution in [3.8, 4) is 28.0 Å². The van der Waals surface area contributed by atoms with E-state index in [2.05, 4.69) is 6.58 Å². The van der Waals surface area contributed by atoms with Crippen molar-refractivity contribution in [1.82, 2.24) is 0 Å². The SMILES string of the molecule is C=CCOc1ccc(CCc2ccc(-c3ccc(-c4ccc(C)cc4)c(F)c3F)cc2)cc1F. The summed E-state index contributed by atoms with van der Waals surface area (Å²) in [5.74, 6) is -1.91. The van der Waals surface area contributed by atoms with Crippen LogP contribution in [0.25, 0.3) is 22.3 Å². The van der Waals surface area contributed by atoms with Crippen LogP contribution in [0.1, 0.15) is 16.7 Å². The van der Waals surface area contributed by atoms with Crippen molar-refractivity contribution in [1.29, 1.82) is 0 Å². The smallest absolute Gasteiger partial charge is 0.167 e. The normalized spacial score (nSPS) is 10.8. The summed E-state index contributed by atoms with van der Waals surface area (Å²) >= 11 is 0. The summed E-state index contributed by atoms with van der Waals surface area (Å²) < 4.78 is 49.1. The summed E-state index contributed by atoms with van der Waals surface area (Å²) in [6, 6.07) is 22.8. The third kappa shape index (κ3) is 5.23.